The summed E-state index contributed by atoms with van der Waals surface area (Å²) in [7, 11) is 0. The number of rotatable bonds is 11. The molecule has 216 valence electrons. The highest BCUT2D eigenvalue weighted by Crippen LogP contribution is 2.37. The highest BCUT2D eigenvalue weighted by molar-refractivity contribution is 6.15. The van der Waals surface area contributed by atoms with E-state index in [0.29, 0.717) is 11.5 Å². The van der Waals surface area contributed by atoms with Gasteiger partial charge in [0.25, 0.3) is 0 Å². The second-order valence-electron chi connectivity index (χ2n) is 12.0. The van der Waals surface area contributed by atoms with Crippen LogP contribution in [0.1, 0.15) is 94.9 Å². The molecule has 0 aliphatic heterocycles. The average molecular weight is 559 g/mol. The number of fused-ring (bicyclic) bond motifs is 3. The van der Waals surface area contributed by atoms with E-state index in [1.165, 1.54) is 19.3 Å². The number of aryl methyl sites for hydroxylation is 4. The van der Waals surface area contributed by atoms with Crippen LogP contribution in [-0.4, -0.2) is 10.4 Å². The van der Waals surface area contributed by atoms with Crippen molar-refractivity contribution in [2.45, 2.75) is 79.8 Å². The van der Waals surface area contributed by atoms with Crippen LogP contribution >= 0.6 is 0 Å². The molecule has 0 N–H and O–H groups in total. The van der Waals surface area contributed by atoms with E-state index in [-0.39, 0.29) is 5.78 Å². The van der Waals surface area contributed by atoms with Gasteiger partial charge < -0.3 is 4.57 Å². The summed E-state index contributed by atoms with van der Waals surface area (Å²) in [4.78, 5) is 26.1. The van der Waals surface area contributed by atoms with Crippen molar-refractivity contribution < 1.29 is 4.79 Å². The van der Waals surface area contributed by atoms with Crippen LogP contribution in [0.15, 0.2) is 78.0 Å². The summed E-state index contributed by atoms with van der Waals surface area (Å²) in [5.74, 6) is 0.615. The number of hydrogen-bond donors (Lipinski definition) is 0. The smallest absolute Gasteiger partial charge is 0.193 e. The lowest BCUT2D eigenvalue weighted by molar-refractivity contribution is 0.103. The number of nitrogens with zero attached hydrogens (tertiary/aromatic N) is 2. The van der Waals surface area contributed by atoms with Crippen molar-refractivity contribution in [3.63, 3.8) is 0 Å². The summed E-state index contributed by atoms with van der Waals surface area (Å²) in [6.07, 6.45) is 4.72. The zero-order valence-electron chi connectivity index (χ0n) is 25.8. The van der Waals surface area contributed by atoms with E-state index >= 15 is 0 Å². The second kappa shape index (κ2) is 12.4. The maximum absolute atomic E-state index is 13.9. The number of hydrogen-bond acceptors (Lipinski definition) is 3. The molecule has 2 unspecified atom stereocenters. The van der Waals surface area contributed by atoms with Gasteiger partial charge in [0.2, 0.25) is 0 Å². The van der Waals surface area contributed by atoms with Crippen LogP contribution in [0.2, 0.25) is 0 Å². The van der Waals surface area contributed by atoms with Gasteiger partial charge in [-0.1, -0.05) is 86.3 Å². The number of carbonyl (C=O) groups is 1. The number of carbonyl (C=O) groups excluding carboxylic acids is 1. The summed E-state index contributed by atoms with van der Waals surface area (Å²) in [6, 6.07) is 24.0. The molecular formula is C38H42N2O2. The molecule has 2 atom stereocenters. The number of aromatic nitrogens is 1. The molecule has 0 saturated carbocycles. The second-order valence-corrected chi connectivity index (χ2v) is 12.0. The third-order valence-corrected chi connectivity index (χ3v) is 8.94. The summed E-state index contributed by atoms with van der Waals surface area (Å²) < 4.78 is 2.42. The molecule has 1 heterocycles. The van der Waals surface area contributed by atoms with Gasteiger partial charge >= 0.3 is 0 Å². The monoisotopic (exact) mass is 558 g/mol. The standard InChI is InChI=1S/C38H42N2O2/c1-7-9-13-28(8-2)23-40-34-17-15-29(37(39-42)31-14-11-10-12-25(31)4)21-32(34)33-22-30(16-18-35(33)40)38(41)36-26(5)19-24(3)20-27(36)6/h10-12,14-22,28,37H,7-9,13,23H2,1-6H3. The highest BCUT2D eigenvalue weighted by atomic mass is 16.3. The fourth-order valence-corrected chi connectivity index (χ4v) is 6.68. The van der Waals surface area contributed by atoms with Crippen LogP contribution in [0.25, 0.3) is 21.8 Å². The van der Waals surface area contributed by atoms with E-state index in [9.17, 15) is 9.70 Å². The van der Waals surface area contributed by atoms with Gasteiger partial charge in [-0.05, 0) is 98.2 Å². The van der Waals surface area contributed by atoms with Gasteiger partial charge in [0.15, 0.2) is 5.78 Å². The van der Waals surface area contributed by atoms with E-state index in [2.05, 4.69) is 66.9 Å². The van der Waals surface area contributed by atoms with Crippen molar-refractivity contribution in [1.82, 2.24) is 4.57 Å². The first-order chi connectivity index (χ1) is 20.3. The van der Waals surface area contributed by atoms with Gasteiger partial charge in [-0.25, -0.2) is 0 Å². The third kappa shape index (κ3) is 5.55. The van der Waals surface area contributed by atoms with E-state index in [1.807, 2.05) is 57.2 Å². The Hall–Kier alpha value is -4.05. The number of ketones is 1. The molecule has 4 aromatic carbocycles. The minimum atomic E-state index is -0.593. The quantitative estimate of drug-likeness (QED) is 0.120. The Morgan fingerprint density at radius 2 is 1.48 bits per heavy atom. The lowest BCUT2D eigenvalue weighted by Crippen LogP contribution is -2.10. The van der Waals surface area contributed by atoms with Crippen molar-refractivity contribution >= 4 is 27.6 Å². The first-order valence-electron chi connectivity index (χ1n) is 15.3. The highest BCUT2D eigenvalue weighted by Gasteiger charge is 2.22. The van der Waals surface area contributed by atoms with Gasteiger partial charge in [-0.2, -0.15) is 0 Å². The predicted molar refractivity (Wildman–Crippen MR) is 176 cm³/mol. The molecule has 0 saturated heterocycles. The normalized spacial score (nSPS) is 13.0. The zero-order chi connectivity index (χ0) is 30.0. The fourth-order valence-electron chi connectivity index (χ4n) is 6.68. The molecule has 5 aromatic rings. The molecule has 1 aromatic heterocycles. The van der Waals surface area contributed by atoms with Crippen LogP contribution in [0.5, 0.6) is 0 Å². The van der Waals surface area contributed by atoms with Crippen LogP contribution in [0, 0.1) is 38.5 Å². The Morgan fingerprint density at radius 3 is 2.12 bits per heavy atom. The van der Waals surface area contributed by atoms with Crippen LogP contribution < -0.4 is 0 Å². The van der Waals surface area contributed by atoms with Gasteiger partial charge in [-0.15, -0.1) is 4.91 Å². The van der Waals surface area contributed by atoms with E-state index in [1.54, 1.807) is 0 Å². The molecule has 0 fully saturated rings. The molecule has 4 nitrogen and oxygen atoms in total. The third-order valence-electron chi connectivity index (χ3n) is 8.94. The summed E-state index contributed by atoms with van der Waals surface area (Å²) >= 11 is 0. The molecule has 0 amide bonds. The van der Waals surface area contributed by atoms with Crippen LogP contribution in [0.3, 0.4) is 0 Å². The van der Waals surface area contributed by atoms with Gasteiger partial charge in [0.1, 0.15) is 6.04 Å². The topological polar surface area (TPSA) is 51.4 Å². The first-order valence-corrected chi connectivity index (χ1v) is 15.3. The Bertz CT molecular complexity index is 1750. The van der Waals surface area contributed by atoms with Crippen LogP contribution in [0.4, 0.5) is 0 Å². The summed E-state index contributed by atoms with van der Waals surface area (Å²) in [5, 5.41) is 5.68. The number of nitroso groups, excluding NO2 is 1. The molecule has 0 aliphatic carbocycles. The van der Waals surface area contributed by atoms with E-state index in [0.717, 1.165) is 73.7 Å². The zero-order valence-corrected chi connectivity index (χ0v) is 25.8. The lowest BCUT2D eigenvalue weighted by Gasteiger charge is -2.18. The fraction of sp³-hybridized carbons (Fsp3) is 0.342. The van der Waals surface area contributed by atoms with Crippen molar-refractivity contribution in [3.8, 4) is 0 Å². The van der Waals surface area contributed by atoms with Gasteiger partial charge in [0.05, 0.1) is 0 Å². The predicted octanol–water partition coefficient (Wildman–Crippen LogP) is 10.3. The van der Waals surface area contributed by atoms with Crippen molar-refractivity contribution in [1.29, 1.82) is 0 Å². The minimum absolute atomic E-state index is 0.0469. The maximum atomic E-state index is 13.9. The Balaban J connectivity index is 1.70. The number of unbranched alkanes of at least 4 members (excludes halogenated alkanes) is 1. The van der Waals surface area contributed by atoms with Gasteiger partial charge in [0, 0.05) is 39.5 Å². The van der Waals surface area contributed by atoms with E-state index < -0.39 is 6.04 Å². The Labute approximate surface area is 249 Å². The summed E-state index contributed by atoms with van der Waals surface area (Å²) in [5.41, 5.74) is 9.71. The average Bonchev–Trinajstić information content (AvgIpc) is 3.28. The molecule has 0 bridgehead atoms. The molecule has 0 aliphatic rings. The SMILES string of the molecule is CCCCC(CC)Cn1c2ccc(C(=O)c3c(C)cc(C)cc3C)cc2c2cc(C(N=O)c3ccccc3C)ccc21. The first kappa shape index (κ1) is 29.4. The van der Waals surface area contributed by atoms with Crippen molar-refractivity contribution in [2.75, 3.05) is 0 Å². The van der Waals surface area contributed by atoms with Gasteiger partial charge in [-0.3, -0.25) is 4.79 Å². The van der Waals surface area contributed by atoms with Crippen LogP contribution in [-0.2, 0) is 6.54 Å². The molecule has 4 heteroatoms. The molecule has 42 heavy (non-hydrogen) atoms. The summed E-state index contributed by atoms with van der Waals surface area (Å²) in [6.45, 7) is 13.6. The van der Waals surface area contributed by atoms with Crippen molar-refractivity contribution in [3.05, 3.63) is 122 Å². The minimum Gasteiger partial charge on any atom is -0.340 e. The molecule has 0 spiro atoms. The molecular weight excluding hydrogens is 516 g/mol. The lowest BCUT2D eigenvalue weighted by atomic mass is 9.92. The maximum Gasteiger partial charge on any atom is 0.193 e. The van der Waals surface area contributed by atoms with E-state index in [4.69, 9.17) is 0 Å². The Kier molecular flexibility index (Phi) is 8.72. The molecule has 5 rings (SSSR count). The van der Waals surface area contributed by atoms with Crippen molar-refractivity contribution in [2.24, 2.45) is 11.1 Å². The Morgan fingerprint density at radius 1 is 0.810 bits per heavy atom. The molecule has 0 radical (unpaired) electrons. The largest absolute Gasteiger partial charge is 0.340 e. The number of benzene rings is 4.